The van der Waals surface area contributed by atoms with E-state index in [0.29, 0.717) is 5.69 Å². The predicted molar refractivity (Wildman–Crippen MR) is 40.9 cm³/mol. The minimum Gasteiger partial charge on any atom is -0.326 e. The van der Waals surface area contributed by atoms with Crippen LogP contribution in [0.1, 0.15) is 6.92 Å². The Hall–Kier alpha value is -1.51. The number of benzene rings is 1. The topological polar surface area (TPSA) is 49.0 Å². The zero-order valence-electron chi connectivity index (χ0n) is 6.13. The first-order valence-corrected chi connectivity index (χ1v) is 3.23. The lowest BCUT2D eigenvalue weighted by atomic mass is 10.3. The van der Waals surface area contributed by atoms with Crippen molar-refractivity contribution in [2.45, 2.75) is 6.92 Å². The van der Waals surface area contributed by atoms with Crippen molar-refractivity contribution < 1.29 is 9.90 Å². The average Bonchev–Trinajstić information content (AvgIpc) is 1.93. The number of nitrogens with one attached hydrogen (secondary N) is 1. The van der Waals surface area contributed by atoms with Crippen molar-refractivity contribution >= 4 is 11.6 Å². The first-order valence-electron chi connectivity index (χ1n) is 3.23. The Balaban J connectivity index is 2.74. The number of carbonyl (C=O) groups excluding carboxylic acids is 1. The van der Waals surface area contributed by atoms with Gasteiger partial charge in [-0.15, -0.1) is 0 Å². The summed E-state index contributed by atoms with van der Waals surface area (Å²) >= 11 is 0. The molecule has 57 valence electrons. The molecule has 0 bridgehead atoms. The molecular formula is C8H8NO2. The van der Waals surface area contributed by atoms with E-state index >= 15 is 0 Å². The lowest BCUT2D eigenvalue weighted by Gasteiger charge is -1.99. The van der Waals surface area contributed by atoms with E-state index < -0.39 is 0 Å². The lowest BCUT2D eigenvalue weighted by molar-refractivity contribution is -0.114. The van der Waals surface area contributed by atoms with Gasteiger partial charge in [0.05, 0.1) is 0 Å². The number of carbonyl (C=O) groups is 1. The molecule has 0 spiro atoms. The Morgan fingerprint density at radius 3 is 2.27 bits per heavy atom. The maximum atomic E-state index is 10.6. The van der Waals surface area contributed by atoms with Gasteiger partial charge in [0.25, 0.3) is 0 Å². The fourth-order valence-corrected chi connectivity index (χ4v) is 0.742. The van der Waals surface area contributed by atoms with Crippen molar-refractivity contribution in [1.29, 1.82) is 0 Å². The summed E-state index contributed by atoms with van der Waals surface area (Å²) < 4.78 is 0. The third-order valence-corrected chi connectivity index (χ3v) is 1.17. The van der Waals surface area contributed by atoms with Gasteiger partial charge < -0.3 is 5.32 Å². The van der Waals surface area contributed by atoms with Crippen molar-refractivity contribution in [3.63, 3.8) is 0 Å². The molecule has 0 aliphatic rings. The Labute approximate surface area is 64.7 Å². The molecule has 1 aromatic carbocycles. The molecule has 0 aliphatic carbocycles. The first kappa shape index (κ1) is 7.60. The molecule has 11 heavy (non-hydrogen) atoms. The minimum absolute atomic E-state index is 0.0564. The molecule has 0 saturated carbocycles. The quantitative estimate of drug-likeness (QED) is 0.651. The second kappa shape index (κ2) is 3.05. The first-order chi connectivity index (χ1) is 5.18. The molecule has 1 radical (unpaired) electrons. The van der Waals surface area contributed by atoms with Crippen LogP contribution in [0.25, 0.3) is 0 Å². The smallest absolute Gasteiger partial charge is 0.221 e. The van der Waals surface area contributed by atoms with Gasteiger partial charge in [-0.25, -0.2) is 0 Å². The molecule has 3 heteroatoms. The monoisotopic (exact) mass is 150 g/mol. The van der Waals surface area contributed by atoms with Crippen LogP contribution in [0.4, 0.5) is 5.69 Å². The lowest BCUT2D eigenvalue weighted by Crippen LogP contribution is -2.04. The third-order valence-electron chi connectivity index (χ3n) is 1.17. The number of anilines is 1. The van der Waals surface area contributed by atoms with Crippen LogP contribution in [-0.4, -0.2) is 5.91 Å². The molecule has 1 rings (SSSR count). The molecule has 1 N–H and O–H groups in total. The zero-order chi connectivity index (χ0) is 8.27. The van der Waals surface area contributed by atoms with Crippen LogP contribution in [0.5, 0.6) is 5.75 Å². The summed E-state index contributed by atoms with van der Waals surface area (Å²) in [6, 6.07) is 5.96. The van der Waals surface area contributed by atoms with E-state index in [0.717, 1.165) is 0 Å². The van der Waals surface area contributed by atoms with Gasteiger partial charge in [0.1, 0.15) is 0 Å². The SMILES string of the molecule is CC(=O)Nc1ccc([O])cc1. The highest BCUT2D eigenvalue weighted by Crippen LogP contribution is 2.13. The largest absolute Gasteiger partial charge is 0.326 e. The van der Waals surface area contributed by atoms with E-state index in [2.05, 4.69) is 5.32 Å². The number of hydrogen-bond donors (Lipinski definition) is 1. The highest BCUT2D eigenvalue weighted by atomic mass is 16.3. The third kappa shape index (κ3) is 2.29. The second-order valence-electron chi connectivity index (χ2n) is 2.21. The Morgan fingerprint density at radius 2 is 1.82 bits per heavy atom. The van der Waals surface area contributed by atoms with Gasteiger partial charge >= 0.3 is 0 Å². The van der Waals surface area contributed by atoms with Crippen molar-refractivity contribution in [2.24, 2.45) is 0 Å². The number of hydrogen-bond acceptors (Lipinski definition) is 1. The van der Waals surface area contributed by atoms with Gasteiger partial charge in [0.15, 0.2) is 5.75 Å². The summed E-state index contributed by atoms with van der Waals surface area (Å²) in [7, 11) is 0. The highest BCUT2D eigenvalue weighted by Gasteiger charge is 1.94. The summed E-state index contributed by atoms with van der Waals surface area (Å²) in [5.74, 6) is -0.192. The molecule has 1 amide bonds. The maximum absolute atomic E-state index is 10.6. The van der Waals surface area contributed by atoms with Crippen LogP contribution < -0.4 is 5.32 Å². The van der Waals surface area contributed by atoms with Gasteiger partial charge in [0.2, 0.25) is 5.91 Å². The fourth-order valence-electron chi connectivity index (χ4n) is 0.742. The minimum atomic E-state index is -0.136. The molecule has 0 aromatic heterocycles. The van der Waals surface area contributed by atoms with Crippen molar-refractivity contribution in [3.05, 3.63) is 24.3 Å². The predicted octanol–water partition coefficient (Wildman–Crippen LogP) is 1.79. The zero-order valence-corrected chi connectivity index (χ0v) is 6.13. The van der Waals surface area contributed by atoms with Crippen LogP contribution in [-0.2, 0) is 9.90 Å². The van der Waals surface area contributed by atoms with Crippen molar-refractivity contribution in [2.75, 3.05) is 5.32 Å². The Kier molecular flexibility index (Phi) is 2.11. The van der Waals surface area contributed by atoms with Gasteiger partial charge in [-0.1, -0.05) is 0 Å². The van der Waals surface area contributed by atoms with Gasteiger partial charge in [0, 0.05) is 12.6 Å². The van der Waals surface area contributed by atoms with E-state index in [1.54, 1.807) is 12.1 Å². The summed E-state index contributed by atoms with van der Waals surface area (Å²) in [6.07, 6.45) is 0. The van der Waals surface area contributed by atoms with E-state index in [9.17, 15) is 9.90 Å². The van der Waals surface area contributed by atoms with Crippen molar-refractivity contribution in [3.8, 4) is 5.75 Å². The number of rotatable bonds is 1. The van der Waals surface area contributed by atoms with E-state index in [1.165, 1.54) is 19.1 Å². The normalized spacial score (nSPS) is 9.18. The Bertz CT molecular complexity index is 253. The summed E-state index contributed by atoms with van der Waals surface area (Å²) in [6.45, 7) is 1.42. The fraction of sp³-hybridized carbons (Fsp3) is 0.125. The highest BCUT2D eigenvalue weighted by molar-refractivity contribution is 5.88. The van der Waals surface area contributed by atoms with Gasteiger partial charge in [-0.2, -0.15) is 0 Å². The Morgan fingerprint density at radius 1 is 1.27 bits per heavy atom. The van der Waals surface area contributed by atoms with Crippen molar-refractivity contribution in [1.82, 2.24) is 0 Å². The van der Waals surface area contributed by atoms with Gasteiger partial charge in [-0.05, 0) is 24.3 Å². The summed E-state index contributed by atoms with van der Waals surface area (Å²) in [5.41, 5.74) is 0.650. The average molecular weight is 150 g/mol. The molecule has 0 saturated heterocycles. The molecule has 0 atom stereocenters. The van der Waals surface area contributed by atoms with Crippen LogP contribution in [0.3, 0.4) is 0 Å². The molecule has 3 nitrogen and oxygen atoms in total. The molecular weight excluding hydrogens is 142 g/mol. The molecule has 1 aromatic rings. The van der Waals surface area contributed by atoms with Crippen LogP contribution in [0, 0.1) is 0 Å². The summed E-state index contributed by atoms with van der Waals surface area (Å²) in [5, 5.41) is 13.1. The second-order valence-corrected chi connectivity index (χ2v) is 2.21. The maximum Gasteiger partial charge on any atom is 0.221 e. The summed E-state index contributed by atoms with van der Waals surface area (Å²) in [4.78, 5) is 10.5. The van der Waals surface area contributed by atoms with E-state index in [4.69, 9.17) is 0 Å². The van der Waals surface area contributed by atoms with Gasteiger partial charge in [-0.3, -0.25) is 9.90 Å². The molecule has 0 fully saturated rings. The van der Waals surface area contributed by atoms with Crippen LogP contribution in [0.15, 0.2) is 24.3 Å². The molecule has 0 unspecified atom stereocenters. The number of amides is 1. The van der Waals surface area contributed by atoms with E-state index in [-0.39, 0.29) is 11.7 Å². The molecule has 0 aliphatic heterocycles. The van der Waals surface area contributed by atoms with Crippen LogP contribution >= 0.6 is 0 Å². The van der Waals surface area contributed by atoms with E-state index in [1.807, 2.05) is 0 Å². The standard InChI is InChI=1S/C8H8NO2/c1-6(10)9-7-2-4-8(11)5-3-7/h2-5H,1H3,(H,9,10). The van der Waals surface area contributed by atoms with Crippen LogP contribution in [0.2, 0.25) is 0 Å². The molecule has 0 heterocycles.